The van der Waals surface area contributed by atoms with Crippen molar-refractivity contribution in [3.8, 4) is 0 Å². The second-order valence-corrected chi connectivity index (χ2v) is 7.13. The standard InChI is InChI=1S/C14H23Br2NO/c1-4-5-6-7-14(2,3)10-17-9-11-8-12(15)13(16)18-11/h8,17H,4-7,9-10H2,1-3H3. The predicted octanol–water partition coefficient (Wildman–Crippen LogP) is 5.50. The van der Waals surface area contributed by atoms with Crippen molar-refractivity contribution in [3.63, 3.8) is 0 Å². The molecule has 0 bridgehead atoms. The van der Waals surface area contributed by atoms with Crippen molar-refractivity contribution in [2.45, 2.75) is 53.0 Å². The Morgan fingerprint density at radius 1 is 1.28 bits per heavy atom. The first-order chi connectivity index (χ1) is 8.44. The van der Waals surface area contributed by atoms with Crippen molar-refractivity contribution >= 4 is 31.9 Å². The molecule has 0 radical (unpaired) electrons. The summed E-state index contributed by atoms with van der Waals surface area (Å²) in [5.41, 5.74) is 0.357. The van der Waals surface area contributed by atoms with Gasteiger partial charge in [-0.25, -0.2) is 0 Å². The van der Waals surface area contributed by atoms with Gasteiger partial charge in [-0.05, 0) is 49.8 Å². The van der Waals surface area contributed by atoms with E-state index in [-0.39, 0.29) is 0 Å². The number of rotatable bonds is 8. The number of furan rings is 1. The van der Waals surface area contributed by atoms with Crippen LogP contribution in [0.5, 0.6) is 0 Å². The van der Waals surface area contributed by atoms with Gasteiger partial charge >= 0.3 is 0 Å². The van der Waals surface area contributed by atoms with Crippen LogP contribution in [0.1, 0.15) is 52.2 Å². The molecule has 0 unspecified atom stereocenters. The van der Waals surface area contributed by atoms with Gasteiger partial charge in [0, 0.05) is 6.54 Å². The fourth-order valence-corrected chi connectivity index (χ4v) is 2.60. The lowest BCUT2D eigenvalue weighted by atomic mass is 9.87. The maximum absolute atomic E-state index is 5.53. The SMILES string of the molecule is CCCCCC(C)(C)CNCc1cc(Br)c(Br)o1. The molecule has 0 amide bonds. The number of unbranched alkanes of at least 4 members (excludes halogenated alkanes) is 2. The summed E-state index contributed by atoms with van der Waals surface area (Å²) in [6, 6.07) is 2.00. The Balaban J connectivity index is 2.27. The topological polar surface area (TPSA) is 25.2 Å². The second kappa shape index (κ2) is 7.71. The molecule has 0 spiro atoms. The molecule has 18 heavy (non-hydrogen) atoms. The van der Waals surface area contributed by atoms with E-state index in [9.17, 15) is 0 Å². The quantitative estimate of drug-likeness (QED) is 0.602. The third kappa shape index (κ3) is 5.89. The van der Waals surface area contributed by atoms with Gasteiger partial charge in [0.05, 0.1) is 11.0 Å². The normalized spacial score (nSPS) is 12.1. The maximum atomic E-state index is 5.53. The van der Waals surface area contributed by atoms with Gasteiger partial charge in [0.1, 0.15) is 5.76 Å². The third-order valence-corrected chi connectivity index (χ3v) is 4.77. The average molecular weight is 381 g/mol. The maximum Gasteiger partial charge on any atom is 0.183 e. The molecule has 1 heterocycles. The highest BCUT2D eigenvalue weighted by molar-refractivity contribution is 9.13. The lowest BCUT2D eigenvalue weighted by Gasteiger charge is -2.24. The van der Waals surface area contributed by atoms with Gasteiger partial charge in [-0.3, -0.25) is 0 Å². The van der Waals surface area contributed by atoms with Gasteiger partial charge in [0.15, 0.2) is 4.67 Å². The van der Waals surface area contributed by atoms with Crippen molar-refractivity contribution in [2.24, 2.45) is 5.41 Å². The van der Waals surface area contributed by atoms with Crippen LogP contribution in [0.15, 0.2) is 19.6 Å². The van der Waals surface area contributed by atoms with Crippen LogP contribution < -0.4 is 5.32 Å². The summed E-state index contributed by atoms with van der Waals surface area (Å²) in [6.45, 7) is 8.69. The van der Waals surface area contributed by atoms with Gasteiger partial charge in [-0.15, -0.1) is 0 Å². The number of halogens is 2. The van der Waals surface area contributed by atoms with Crippen molar-refractivity contribution in [3.05, 3.63) is 21.0 Å². The molecular weight excluding hydrogens is 358 g/mol. The first-order valence-electron chi connectivity index (χ1n) is 6.59. The van der Waals surface area contributed by atoms with Crippen LogP contribution in [0.25, 0.3) is 0 Å². The Hall–Kier alpha value is 0.200. The molecule has 0 saturated carbocycles. The van der Waals surface area contributed by atoms with E-state index in [4.69, 9.17) is 4.42 Å². The summed E-state index contributed by atoms with van der Waals surface area (Å²) in [4.78, 5) is 0. The van der Waals surface area contributed by atoms with Gasteiger partial charge in [0.2, 0.25) is 0 Å². The molecule has 0 aliphatic rings. The third-order valence-electron chi connectivity index (χ3n) is 3.06. The van der Waals surface area contributed by atoms with Crippen molar-refractivity contribution in [2.75, 3.05) is 6.54 Å². The van der Waals surface area contributed by atoms with Crippen LogP contribution in [0, 0.1) is 5.41 Å². The molecule has 1 aromatic heterocycles. The van der Waals surface area contributed by atoms with E-state index < -0.39 is 0 Å². The smallest absolute Gasteiger partial charge is 0.183 e. The molecule has 1 rings (SSSR count). The fourth-order valence-electron chi connectivity index (χ4n) is 1.94. The molecule has 0 saturated heterocycles. The van der Waals surface area contributed by atoms with Crippen LogP contribution in [-0.4, -0.2) is 6.54 Å². The average Bonchev–Trinajstić information content (AvgIpc) is 2.58. The summed E-state index contributed by atoms with van der Waals surface area (Å²) in [5, 5.41) is 3.47. The number of nitrogens with one attached hydrogen (secondary N) is 1. The summed E-state index contributed by atoms with van der Waals surface area (Å²) >= 11 is 6.77. The first kappa shape index (κ1) is 16.3. The lowest BCUT2D eigenvalue weighted by molar-refractivity contribution is 0.296. The predicted molar refractivity (Wildman–Crippen MR) is 83.7 cm³/mol. The number of hydrogen-bond acceptors (Lipinski definition) is 2. The highest BCUT2D eigenvalue weighted by Crippen LogP contribution is 2.27. The van der Waals surface area contributed by atoms with Crippen LogP contribution in [-0.2, 0) is 6.54 Å². The summed E-state index contributed by atoms with van der Waals surface area (Å²) in [6.07, 6.45) is 5.22. The lowest BCUT2D eigenvalue weighted by Crippen LogP contribution is -2.28. The minimum atomic E-state index is 0.357. The molecule has 0 atom stereocenters. The Morgan fingerprint density at radius 2 is 2.00 bits per heavy atom. The highest BCUT2D eigenvalue weighted by Gasteiger charge is 2.17. The second-order valence-electron chi connectivity index (χ2n) is 5.56. The Kier molecular flexibility index (Phi) is 6.96. The van der Waals surface area contributed by atoms with Gasteiger partial charge in [-0.2, -0.15) is 0 Å². The van der Waals surface area contributed by atoms with Gasteiger partial charge < -0.3 is 9.73 Å². The molecule has 0 fully saturated rings. The molecule has 0 aliphatic carbocycles. The van der Waals surface area contributed by atoms with Crippen LogP contribution in [0.2, 0.25) is 0 Å². The molecule has 2 nitrogen and oxygen atoms in total. The first-order valence-corrected chi connectivity index (χ1v) is 8.17. The zero-order valence-electron chi connectivity index (χ0n) is 11.5. The van der Waals surface area contributed by atoms with E-state index in [2.05, 4.69) is 57.9 Å². The van der Waals surface area contributed by atoms with Crippen molar-refractivity contribution in [1.29, 1.82) is 0 Å². The minimum absolute atomic E-state index is 0.357. The van der Waals surface area contributed by atoms with E-state index >= 15 is 0 Å². The molecule has 104 valence electrons. The van der Waals surface area contributed by atoms with E-state index in [1.54, 1.807) is 0 Å². The monoisotopic (exact) mass is 379 g/mol. The zero-order valence-corrected chi connectivity index (χ0v) is 14.7. The molecule has 4 heteroatoms. The van der Waals surface area contributed by atoms with Crippen LogP contribution in [0.4, 0.5) is 0 Å². The van der Waals surface area contributed by atoms with Crippen molar-refractivity contribution in [1.82, 2.24) is 5.32 Å². The molecular formula is C14H23Br2NO. The molecule has 0 aromatic carbocycles. The van der Waals surface area contributed by atoms with E-state index in [1.807, 2.05) is 6.07 Å². The van der Waals surface area contributed by atoms with Crippen LogP contribution >= 0.6 is 31.9 Å². The summed E-state index contributed by atoms with van der Waals surface area (Å²) < 4.78 is 7.27. The van der Waals surface area contributed by atoms with E-state index in [0.29, 0.717) is 5.41 Å². The molecule has 1 N–H and O–H groups in total. The fraction of sp³-hybridized carbons (Fsp3) is 0.714. The highest BCUT2D eigenvalue weighted by atomic mass is 79.9. The number of hydrogen-bond donors (Lipinski definition) is 1. The van der Waals surface area contributed by atoms with Crippen LogP contribution in [0.3, 0.4) is 0 Å². The minimum Gasteiger partial charge on any atom is -0.452 e. The summed E-state index contributed by atoms with van der Waals surface area (Å²) in [5.74, 6) is 0.957. The Bertz CT molecular complexity index is 341. The summed E-state index contributed by atoms with van der Waals surface area (Å²) in [7, 11) is 0. The Labute approximate surface area is 127 Å². The zero-order chi connectivity index (χ0) is 13.6. The van der Waals surface area contributed by atoms with E-state index in [0.717, 1.165) is 28.0 Å². The van der Waals surface area contributed by atoms with Gasteiger partial charge in [-0.1, -0.05) is 40.0 Å². The molecule has 0 aliphatic heterocycles. The van der Waals surface area contributed by atoms with Crippen molar-refractivity contribution < 1.29 is 4.42 Å². The van der Waals surface area contributed by atoms with Gasteiger partial charge in [0.25, 0.3) is 0 Å². The van der Waals surface area contributed by atoms with E-state index in [1.165, 1.54) is 25.7 Å². The largest absolute Gasteiger partial charge is 0.452 e. The Morgan fingerprint density at radius 3 is 2.56 bits per heavy atom. The molecule has 1 aromatic rings.